The molecule has 0 saturated heterocycles. The van der Waals surface area contributed by atoms with E-state index in [9.17, 15) is 24.3 Å². The number of nitrogens with one attached hydrogen (secondary N) is 1. The van der Waals surface area contributed by atoms with Crippen molar-refractivity contribution >= 4 is 24.1 Å². The average molecular weight is 552 g/mol. The molecule has 39 heavy (non-hydrogen) atoms. The summed E-state index contributed by atoms with van der Waals surface area (Å²) < 4.78 is 21.3. The van der Waals surface area contributed by atoms with Gasteiger partial charge in [0.2, 0.25) is 0 Å². The second-order valence-electron chi connectivity index (χ2n) is 9.89. The molecule has 0 aromatic heterocycles. The van der Waals surface area contributed by atoms with Crippen LogP contribution in [0.2, 0.25) is 0 Å². The van der Waals surface area contributed by atoms with Crippen LogP contribution < -0.4 is 14.8 Å². The number of carbonyl (C=O) groups is 4. The molecule has 10 nitrogen and oxygen atoms in total. The van der Waals surface area contributed by atoms with Crippen LogP contribution in [-0.2, 0) is 30.3 Å². The lowest BCUT2D eigenvalue weighted by molar-refractivity contribution is -0.141. The molecule has 1 aromatic carbocycles. The number of ether oxygens (including phenoxy) is 4. The van der Waals surface area contributed by atoms with Gasteiger partial charge in [0.15, 0.2) is 11.5 Å². The van der Waals surface area contributed by atoms with Crippen LogP contribution in [0.15, 0.2) is 18.2 Å². The summed E-state index contributed by atoms with van der Waals surface area (Å²) in [5.41, 5.74) is 0.551. The zero-order valence-electron chi connectivity index (χ0n) is 24.1. The van der Waals surface area contributed by atoms with Crippen molar-refractivity contribution in [3.8, 4) is 11.5 Å². The van der Waals surface area contributed by atoms with Gasteiger partial charge < -0.3 is 29.4 Å². The van der Waals surface area contributed by atoms with E-state index in [1.54, 1.807) is 26.8 Å². The Morgan fingerprint density at radius 2 is 1.46 bits per heavy atom. The molecule has 0 spiro atoms. The van der Waals surface area contributed by atoms with Crippen molar-refractivity contribution in [2.24, 2.45) is 11.8 Å². The van der Waals surface area contributed by atoms with E-state index in [1.165, 1.54) is 12.1 Å². The van der Waals surface area contributed by atoms with Gasteiger partial charge in [-0.2, -0.15) is 0 Å². The third-order valence-corrected chi connectivity index (χ3v) is 6.08. The Hall–Kier alpha value is -3.14. The zero-order valence-corrected chi connectivity index (χ0v) is 24.1. The smallest absolute Gasteiger partial charge is 0.480 e. The Morgan fingerprint density at radius 3 is 2.00 bits per heavy atom. The molecule has 0 radical (unpaired) electrons. The number of esters is 2. The van der Waals surface area contributed by atoms with Gasteiger partial charge in [-0.25, -0.2) is 4.79 Å². The monoisotopic (exact) mass is 551 g/mol. The molecule has 2 N–H and O–H groups in total. The van der Waals surface area contributed by atoms with Gasteiger partial charge in [0.25, 0.3) is 0 Å². The highest BCUT2D eigenvalue weighted by molar-refractivity contribution is 5.78. The maximum atomic E-state index is 12.6. The summed E-state index contributed by atoms with van der Waals surface area (Å²) in [6.07, 6.45) is 3.14. The number of unbranched alkanes of at least 4 members (excludes halogenated alkanes) is 1. The highest BCUT2D eigenvalue weighted by Gasteiger charge is 2.24. The van der Waals surface area contributed by atoms with Gasteiger partial charge in [0, 0.05) is 6.54 Å². The number of benzene rings is 1. The van der Waals surface area contributed by atoms with Crippen molar-refractivity contribution in [3.05, 3.63) is 23.8 Å². The first-order valence-electron chi connectivity index (χ1n) is 13.9. The minimum absolute atomic E-state index is 0.0402. The topological polar surface area (TPSA) is 137 Å². The highest BCUT2D eigenvalue weighted by Crippen LogP contribution is 2.31. The molecule has 220 valence electrons. The zero-order chi connectivity index (χ0) is 29.4. The second-order valence-corrected chi connectivity index (χ2v) is 9.89. The number of carbonyl (C=O) groups excluding carboxylic acids is 3. The Morgan fingerprint density at radius 1 is 0.872 bits per heavy atom. The lowest BCUT2D eigenvalue weighted by atomic mass is 10.0. The maximum absolute atomic E-state index is 12.6. The molecule has 0 amide bonds. The van der Waals surface area contributed by atoms with Gasteiger partial charge in [-0.15, -0.1) is 0 Å². The fraction of sp³-hybridized carbons (Fsp3) is 0.655. The number of carboxylic acid groups (broad SMARTS) is 1. The van der Waals surface area contributed by atoms with Crippen LogP contribution in [0.1, 0.15) is 85.6 Å². The molecule has 0 fully saturated rings. The van der Waals surface area contributed by atoms with E-state index in [2.05, 4.69) is 5.32 Å². The van der Waals surface area contributed by atoms with Gasteiger partial charge in [-0.05, 0) is 50.3 Å². The van der Waals surface area contributed by atoms with Crippen molar-refractivity contribution in [1.29, 1.82) is 0 Å². The van der Waals surface area contributed by atoms with E-state index in [1.807, 2.05) is 20.8 Å². The van der Waals surface area contributed by atoms with Crippen LogP contribution in [0.25, 0.3) is 0 Å². The molecule has 1 rings (SSSR count). The van der Waals surface area contributed by atoms with Gasteiger partial charge in [0.1, 0.15) is 12.1 Å². The van der Waals surface area contributed by atoms with E-state index >= 15 is 0 Å². The summed E-state index contributed by atoms with van der Waals surface area (Å²) in [6, 6.07) is 3.64. The van der Waals surface area contributed by atoms with Crippen LogP contribution in [-0.4, -0.2) is 54.5 Å². The SMILES string of the molecule is CCCCOC(=O)OC(C)CN[C@@H](Cc1ccc(OC(=O)C(C)CCC)c(OC(=O)C(C)CCC)c1)C(=O)O. The minimum Gasteiger partial charge on any atom is -0.480 e. The molecule has 0 heterocycles. The summed E-state index contributed by atoms with van der Waals surface area (Å²) in [7, 11) is 0. The predicted octanol–water partition coefficient (Wildman–Crippen LogP) is 5.30. The first kappa shape index (κ1) is 33.9. The standard InChI is InChI=1S/C29H45NO9/c1-7-10-15-36-29(35)37-21(6)18-30-23(26(31)32)16-22-13-14-24(38-27(33)19(4)11-8-2)25(17-22)39-28(34)20(5)12-9-3/h13-14,17,19-21,23,30H,7-12,15-16,18H2,1-6H3,(H,31,32)/t19?,20?,21?,23-/m0/s1. The molecule has 3 unspecified atom stereocenters. The number of hydrogen-bond acceptors (Lipinski definition) is 9. The number of carboxylic acids is 1. The van der Waals surface area contributed by atoms with Crippen molar-refractivity contribution in [2.75, 3.05) is 13.2 Å². The Labute approximate surface area is 231 Å². The molecule has 0 aliphatic rings. The third-order valence-electron chi connectivity index (χ3n) is 6.08. The normalized spacial score (nSPS) is 14.0. The van der Waals surface area contributed by atoms with Gasteiger partial charge in [-0.1, -0.05) is 59.9 Å². The van der Waals surface area contributed by atoms with Crippen LogP contribution in [0.4, 0.5) is 4.79 Å². The van der Waals surface area contributed by atoms with Crippen LogP contribution >= 0.6 is 0 Å². The first-order chi connectivity index (χ1) is 18.5. The largest absolute Gasteiger partial charge is 0.508 e. The van der Waals surface area contributed by atoms with E-state index in [4.69, 9.17) is 18.9 Å². The number of hydrogen-bond donors (Lipinski definition) is 2. The predicted molar refractivity (Wildman–Crippen MR) is 146 cm³/mol. The van der Waals surface area contributed by atoms with Crippen LogP contribution in [0.5, 0.6) is 11.5 Å². The van der Waals surface area contributed by atoms with E-state index in [0.29, 0.717) is 18.4 Å². The lowest BCUT2D eigenvalue weighted by Gasteiger charge is -2.20. The Bertz CT molecular complexity index is 933. The quantitative estimate of drug-likeness (QED) is 0.140. The van der Waals surface area contributed by atoms with Gasteiger partial charge in [-0.3, -0.25) is 14.4 Å². The lowest BCUT2D eigenvalue weighted by Crippen LogP contribution is -2.42. The van der Waals surface area contributed by atoms with Gasteiger partial charge in [0.05, 0.1) is 18.4 Å². The van der Waals surface area contributed by atoms with Crippen LogP contribution in [0.3, 0.4) is 0 Å². The molecular weight excluding hydrogens is 506 g/mol. The molecule has 1 aromatic rings. The van der Waals surface area contributed by atoms with Crippen molar-refractivity contribution in [2.45, 2.75) is 98.6 Å². The number of rotatable bonds is 18. The molecule has 10 heteroatoms. The average Bonchev–Trinajstić information content (AvgIpc) is 2.88. The molecule has 4 atom stereocenters. The summed E-state index contributed by atoms with van der Waals surface area (Å²) in [6.45, 7) is 11.4. The number of aliphatic carboxylic acids is 1. The first-order valence-corrected chi connectivity index (χ1v) is 13.9. The summed E-state index contributed by atoms with van der Waals surface area (Å²) in [5.74, 6) is -2.52. The fourth-order valence-electron chi connectivity index (χ4n) is 3.69. The van der Waals surface area contributed by atoms with E-state index in [0.717, 1.165) is 25.7 Å². The van der Waals surface area contributed by atoms with Crippen molar-refractivity contribution in [1.82, 2.24) is 5.32 Å². The third kappa shape index (κ3) is 13.0. The fourth-order valence-corrected chi connectivity index (χ4v) is 3.69. The molecule has 0 aliphatic carbocycles. The molecule has 0 aliphatic heterocycles. The summed E-state index contributed by atoms with van der Waals surface area (Å²) in [5, 5.41) is 12.6. The summed E-state index contributed by atoms with van der Waals surface area (Å²) in [4.78, 5) is 48.8. The van der Waals surface area contributed by atoms with Crippen molar-refractivity contribution in [3.63, 3.8) is 0 Å². The van der Waals surface area contributed by atoms with E-state index < -0.39 is 36.2 Å². The highest BCUT2D eigenvalue weighted by atomic mass is 16.7. The minimum atomic E-state index is -1.10. The Balaban J connectivity index is 3.00. The molecule has 0 bridgehead atoms. The van der Waals surface area contributed by atoms with Gasteiger partial charge >= 0.3 is 24.1 Å². The molecular formula is C29H45NO9. The summed E-state index contributed by atoms with van der Waals surface area (Å²) >= 11 is 0. The molecule has 0 saturated carbocycles. The maximum Gasteiger partial charge on any atom is 0.508 e. The van der Waals surface area contributed by atoms with E-state index in [-0.39, 0.29) is 42.9 Å². The van der Waals surface area contributed by atoms with Crippen LogP contribution in [0, 0.1) is 11.8 Å². The van der Waals surface area contributed by atoms with Crippen molar-refractivity contribution < 1.29 is 43.2 Å². The second kappa shape index (κ2) is 18.2. The Kier molecular flexibility index (Phi) is 15.8.